The molecule has 2 nitrogen and oxygen atoms in total. The molecule has 0 aliphatic carbocycles. The summed E-state index contributed by atoms with van der Waals surface area (Å²) in [5, 5.41) is 6.45. The molecular formula is C46H28N2S. The van der Waals surface area contributed by atoms with Crippen LogP contribution in [0.5, 0.6) is 0 Å². The predicted molar refractivity (Wildman–Crippen MR) is 210 cm³/mol. The molecule has 49 heavy (non-hydrogen) atoms. The first-order valence-electron chi connectivity index (χ1n) is 16.8. The first kappa shape index (κ1) is 26.9. The Hall–Kier alpha value is -6.16. The lowest BCUT2D eigenvalue weighted by Gasteiger charge is -2.08. The third-order valence-corrected chi connectivity index (χ3v) is 11.5. The van der Waals surface area contributed by atoms with Gasteiger partial charge in [0.1, 0.15) is 0 Å². The number of hydrogen-bond donors (Lipinski definition) is 0. The number of fused-ring (bicyclic) bond motifs is 9. The number of para-hydroxylation sites is 3. The van der Waals surface area contributed by atoms with Crippen molar-refractivity contribution in [3.63, 3.8) is 0 Å². The molecule has 0 aliphatic heterocycles. The highest BCUT2D eigenvalue weighted by atomic mass is 32.1. The quantitative estimate of drug-likeness (QED) is 0.181. The molecule has 0 saturated heterocycles. The van der Waals surface area contributed by atoms with Crippen LogP contribution in [0, 0.1) is 0 Å². The first-order chi connectivity index (χ1) is 24.3. The van der Waals surface area contributed by atoms with Gasteiger partial charge in [-0.15, -0.1) is 11.3 Å². The van der Waals surface area contributed by atoms with Gasteiger partial charge < -0.3 is 8.97 Å². The fourth-order valence-electron chi connectivity index (χ4n) is 8.16. The van der Waals surface area contributed by atoms with Crippen LogP contribution in [0.2, 0.25) is 0 Å². The molecule has 0 bridgehead atoms. The Bertz CT molecular complexity index is 3020. The van der Waals surface area contributed by atoms with Crippen molar-refractivity contribution < 1.29 is 0 Å². The van der Waals surface area contributed by atoms with E-state index in [1.54, 1.807) is 0 Å². The molecule has 0 spiro atoms. The van der Waals surface area contributed by atoms with E-state index in [0.717, 1.165) is 0 Å². The van der Waals surface area contributed by atoms with Gasteiger partial charge in [0.25, 0.3) is 0 Å². The summed E-state index contributed by atoms with van der Waals surface area (Å²) < 4.78 is 6.27. The monoisotopic (exact) mass is 640 g/mol. The maximum atomic E-state index is 2.54. The molecule has 4 heterocycles. The summed E-state index contributed by atoms with van der Waals surface area (Å²) in [4.78, 5) is 1.31. The van der Waals surface area contributed by atoms with E-state index in [9.17, 15) is 0 Å². The zero-order valence-corrected chi connectivity index (χ0v) is 27.3. The number of rotatable bonds is 4. The minimum atomic E-state index is 1.18. The molecule has 0 radical (unpaired) electrons. The lowest BCUT2D eigenvalue weighted by molar-refractivity contribution is 1.18. The van der Waals surface area contributed by atoms with Crippen molar-refractivity contribution in [1.29, 1.82) is 0 Å². The number of nitrogens with zero attached hydrogens (tertiary/aromatic N) is 2. The van der Waals surface area contributed by atoms with E-state index in [-0.39, 0.29) is 0 Å². The second-order valence-corrected chi connectivity index (χ2v) is 13.9. The van der Waals surface area contributed by atoms with Crippen LogP contribution >= 0.6 is 11.3 Å². The molecule has 11 rings (SSSR count). The molecule has 0 saturated carbocycles. The van der Waals surface area contributed by atoms with E-state index in [0.29, 0.717) is 0 Å². The van der Waals surface area contributed by atoms with Crippen molar-refractivity contribution in [2.45, 2.75) is 0 Å². The topological polar surface area (TPSA) is 9.34 Å². The highest BCUT2D eigenvalue weighted by molar-refractivity contribution is 7.24. The van der Waals surface area contributed by atoms with Crippen molar-refractivity contribution in [2.75, 3.05) is 0 Å². The van der Waals surface area contributed by atoms with Crippen LogP contribution < -0.4 is 0 Å². The predicted octanol–water partition coefficient (Wildman–Crippen LogP) is 13.0. The van der Waals surface area contributed by atoms with Gasteiger partial charge >= 0.3 is 0 Å². The van der Waals surface area contributed by atoms with Crippen LogP contribution in [-0.2, 0) is 0 Å². The minimum Gasteiger partial charge on any atom is -0.309 e. The number of thiophene rings is 1. The molecule has 11 aromatic rings. The van der Waals surface area contributed by atoms with Crippen LogP contribution in [0.1, 0.15) is 0 Å². The zero-order chi connectivity index (χ0) is 32.1. The van der Waals surface area contributed by atoms with Gasteiger partial charge in [0.2, 0.25) is 0 Å². The van der Waals surface area contributed by atoms with E-state index in [2.05, 4.69) is 179 Å². The molecule has 0 atom stereocenters. The third-order valence-electron chi connectivity index (χ3n) is 10.2. The minimum absolute atomic E-state index is 1.18. The Balaban J connectivity index is 1.24. The van der Waals surface area contributed by atoms with Crippen molar-refractivity contribution in [2.24, 2.45) is 0 Å². The Morgan fingerprint density at radius 1 is 0.367 bits per heavy atom. The van der Waals surface area contributed by atoms with Crippen molar-refractivity contribution in [3.05, 3.63) is 170 Å². The molecular weight excluding hydrogens is 613 g/mol. The highest BCUT2D eigenvalue weighted by Crippen LogP contribution is 2.52. The molecule has 228 valence electrons. The van der Waals surface area contributed by atoms with Crippen molar-refractivity contribution in [3.8, 4) is 38.4 Å². The van der Waals surface area contributed by atoms with Crippen LogP contribution in [0.4, 0.5) is 0 Å². The van der Waals surface area contributed by atoms with E-state index >= 15 is 0 Å². The average molecular weight is 641 g/mol. The van der Waals surface area contributed by atoms with Gasteiger partial charge in [0.05, 0.1) is 32.3 Å². The van der Waals surface area contributed by atoms with Crippen molar-refractivity contribution >= 4 is 70.6 Å². The van der Waals surface area contributed by atoms with Gasteiger partial charge in [-0.3, -0.25) is 0 Å². The molecule has 3 heteroatoms. The molecule has 0 unspecified atom stereocenters. The van der Waals surface area contributed by atoms with E-state index in [4.69, 9.17) is 0 Å². The summed E-state index contributed by atoms with van der Waals surface area (Å²) in [6.45, 7) is 0. The summed E-state index contributed by atoms with van der Waals surface area (Å²) in [7, 11) is 0. The standard InChI is InChI=1S/C46H28N2S/c1-4-14-29(15-5-1)42-44-46(49-45(42)30-16-6-2-7-17-30)38-28-32(27-37-35-21-11-13-23-40(35)48(44)43(37)38)31-24-25-41-36(26-31)34-20-10-12-22-39(34)47(41)33-18-8-3-9-19-33/h1-28H. The van der Waals surface area contributed by atoms with Gasteiger partial charge in [-0.25, -0.2) is 0 Å². The maximum Gasteiger partial charge on any atom is 0.0734 e. The Morgan fingerprint density at radius 2 is 0.939 bits per heavy atom. The molecule has 0 aliphatic rings. The van der Waals surface area contributed by atoms with E-state index < -0.39 is 0 Å². The van der Waals surface area contributed by atoms with Crippen LogP contribution in [0.15, 0.2) is 170 Å². The third kappa shape index (κ3) is 3.76. The summed E-state index contributed by atoms with van der Waals surface area (Å²) in [6.07, 6.45) is 0. The average Bonchev–Trinajstić information content (AvgIpc) is 3.90. The number of benzene rings is 7. The second-order valence-electron chi connectivity index (χ2n) is 12.9. The van der Waals surface area contributed by atoms with Gasteiger partial charge in [0.15, 0.2) is 0 Å². The normalized spacial score (nSPS) is 12.1. The van der Waals surface area contributed by atoms with Gasteiger partial charge in [-0.05, 0) is 70.8 Å². The highest BCUT2D eigenvalue weighted by Gasteiger charge is 2.26. The summed E-state index contributed by atoms with van der Waals surface area (Å²) >= 11 is 1.92. The smallest absolute Gasteiger partial charge is 0.0734 e. The lowest BCUT2D eigenvalue weighted by Crippen LogP contribution is -1.92. The largest absolute Gasteiger partial charge is 0.309 e. The van der Waals surface area contributed by atoms with Gasteiger partial charge in [0, 0.05) is 43.1 Å². The first-order valence-corrected chi connectivity index (χ1v) is 17.6. The SMILES string of the molecule is c1ccc(-c2sc3c4cc(-c5ccc6c(c5)c5ccccc5n6-c5ccccc5)cc5c6ccccc6n(c3c2-c2ccccc2)c54)cc1. The Kier molecular flexibility index (Phi) is 5.57. The maximum absolute atomic E-state index is 2.54. The van der Waals surface area contributed by atoms with E-state index in [1.807, 2.05) is 11.3 Å². The zero-order valence-electron chi connectivity index (χ0n) is 26.5. The lowest BCUT2D eigenvalue weighted by atomic mass is 9.98. The molecule has 0 fully saturated rings. The summed E-state index contributed by atoms with van der Waals surface area (Å²) in [5.74, 6) is 0. The number of hydrogen-bond acceptors (Lipinski definition) is 1. The van der Waals surface area contributed by atoms with E-state index in [1.165, 1.54) is 97.6 Å². The molecule has 7 aromatic carbocycles. The summed E-state index contributed by atoms with van der Waals surface area (Å²) in [6, 6.07) is 62.1. The molecule has 4 aromatic heterocycles. The molecule has 0 amide bonds. The Morgan fingerprint density at radius 3 is 1.69 bits per heavy atom. The molecule has 0 N–H and O–H groups in total. The second kappa shape index (κ2) is 10.2. The fraction of sp³-hybridized carbons (Fsp3) is 0. The van der Waals surface area contributed by atoms with Crippen LogP contribution in [0.25, 0.3) is 97.6 Å². The van der Waals surface area contributed by atoms with Gasteiger partial charge in [-0.2, -0.15) is 0 Å². The van der Waals surface area contributed by atoms with Crippen LogP contribution in [0.3, 0.4) is 0 Å². The fourth-order valence-corrected chi connectivity index (χ4v) is 9.49. The van der Waals surface area contributed by atoms with Gasteiger partial charge in [-0.1, -0.05) is 121 Å². The Labute approximate surface area is 286 Å². The summed E-state index contributed by atoms with van der Waals surface area (Å²) in [5.41, 5.74) is 13.8. The van der Waals surface area contributed by atoms with Crippen molar-refractivity contribution in [1.82, 2.24) is 8.97 Å². The number of aromatic nitrogens is 2. The van der Waals surface area contributed by atoms with Crippen LogP contribution in [-0.4, -0.2) is 8.97 Å².